The van der Waals surface area contributed by atoms with Gasteiger partial charge in [-0.2, -0.15) is 13.2 Å². The number of ketones is 1. The maximum Gasteiger partial charge on any atom is 0.416 e. The summed E-state index contributed by atoms with van der Waals surface area (Å²) < 4.78 is 71.2. The van der Waals surface area contributed by atoms with Gasteiger partial charge in [-0.3, -0.25) is 4.79 Å². The molecule has 0 atom stereocenters. The van der Waals surface area contributed by atoms with Crippen molar-refractivity contribution in [1.29, 1.82) is 0 Å². The van der Waals surface area contributed by atoms with E-state index in [2.05, 4.69) is 5.16 Å². The van der Waals surface area contributed by atoms with Crippen molar-refractivity contribution in [3.8, 4) is 0 Å². The van der Waals surface area contributed by atoms with Crippen molar-refractivity contribution in [3.63, 3.8) is 0 Å². The van der Waals surface area contributed by atoms with Crippen LogP contribution < -0.4 is 0 Å². The second-order valence-electron chi connectivity index (χ2n) is 6.87. The van der Waals surface area contributed by atoms with E-state index < -0.39 is 32.3 Å². The normalized spacial score (nSPS) is 14.7. The molecule has 156 valence electrons. The van der Waals surface area contributed by atoms with Crippen LogP contribution in [0.1, 0.15) is 46.0 Å². The smallest absolute Gasteiger partial charge is 0.360 e. The van der Waals surface area contributed by atoms with E-state index in [1.807, 2.05) is 0 Å². The van der Waals surface area contributed by atoms with Gasteiger partial charge in [-0.1, -0.05) is 16.8 Å². The Morgan fingerprint density at radius 2 is 1.73 bits per heavy atom. The quantitative estimate of drug-likeness (QED) is 0.489. The third-order valence-electron chi connectivity index (χ3n) is 4.76. The molecule has 3 aromatic rings. The van der Waals surface area contributed by atoms with E-state index >= 15 is 0 Å². The second kappa shape index (κ2) is 7.24. The highest BCUT2D eigenvalue weighted by molar-refractivity contribution is 7.91. The predicted molar refractivity (Wildman–Crippen MR) is 100 cm³/mol. The van der Waals surface area contributed by atoms with Crippen LogP contribution in [0, 0.1) is 0 Å². The molecule has 0 spiro atoms. The molecule has 0 amide bonds. The van der Waals surface area contributed by atoms with E-state index in [-0.39, 0.29) is 27.0 Å². The van der Waals surface area contributed by atoms with Crippen molar-refractivity contribution in [3.05, 3.63) is 76.1 Å². The summed E-state index contributed by atoms with van der Waals surface area (Å²) in [5.41, 5.74) is -1.52. The summed E-state index contributed by atoms with van der Waals surface area (Å²) in [5, 5.41) is 3.86. The molecule has 1 saturated carbocycles. The molecule has 30 heavy (non-hydrogen) atoms. The highest BCUT2D eigenvalue weighted by atomic mass is 35.5. The molecule has 0 aliphatic heterocycles. The van der Waals surface area contributed by atoms with Crippen molar-refractivity contribution in [1.82, 2.24) is 5.16 Å². The van der Waals surface area contributed by atoms with Gasteiger partial charge in [-0.25, -0.2) is 8.42 Å². The highest BCUT2D eigenvalue weighted by Crippen LogP contribution is 2.42. The zero-order valence-electron chi connectivity index (χ0n) is 15.1. The molecule has 0 N–H and O–H groups in total. The first kappa shape index (κ1) is 20.6. The molecule has 0 radical (unpaired) electrons. The summed E-state index contributed by atoms with van der Waals surface area (Å²) >= 11 is 5.78. The molecule has 0 saturated heterocycles. The largest absolute Gasteiger partial charge is 0.416 e. The average molecular weight is 456 g/mol. The fourth-order valence-corrected chi connectivity index (χ4v) is 4.66. The maximum atomic E-state index is 13.3. The van der Waals surface area contributed by atoms with Gasteiger partial charge in [0.05, 0.1) is 27.1 Å². The number of aromatic nitrogens is 1. The average Bonchev–Trinajstić information content (AvgIpc) is 3.43. The number of sulfone groups is 1. The molecule has 0 unspecified atom stereocenters. The Labute approximate surface area is 174 Å². The van der Waals surface area contributed by atoms with E-state index in [4.69, 9.17) is 16.1 Å². The fraction of sp³-hybridized carbons (Fsp3) is 0.200. The first-order valence-corrected chi connectivity index (χ1v) is 10.7. The number of carbonyl (C=O) groups is 1. The van der Waals surface area contributed by atoms with Gasteiger partial charge in [0.1, 0.15) is 0 Å². The number of nitrogens with zero attached hydrogens (tertiary/aromatic N) is 1. The first-order valence-electron chi connectivity index (χ1n) is 8.80. The third kappa shape index (κ3) is 3.75. The molecular weight excluding hydrogens is 443 g/mol. The lowest BCUT2D eigenvalue weighted by Crippen LogP contribution is -2.14. The summed E-state index contributed by atoms with van der Waals surface area (Å²) in [4.78, 5) is 12.1. The Hall–Kier alpha value is -2.65. The lowest BCUT2D eigenvalue weighted by Gasteiger charge is -2.14. The molecule has 1 aliphatic rings. The zero-order chi connectivity index (χ0) is 21.7. The number of hydrogen-bond donors (Lipinski definition) is 0. The lowest BCUT2D eigenvalue weighted by atomic mass is 10.0. The van der Waals surface area contributed by atoms with Crippen molar-refractivity contribution < 1.29 is 30.9 Å². The minimum absolute atomic E-state index is 0.00257. The van der Waals surface area contributed by atoms with Crippen LogP contribution in [0.25, 0.3) is 0 Å². The monoisotopic (exact) mass is 455 g/mol. The Kier molecular flexibility index (Phi) is 4.98. The van der Waals surface area contributed by atoms with Gasteiger partial charge in [-0.15, -0.1) is 0 Å². The van der Waals surface area contributed by atoms with Crippen LogP contribution in [0.2, 0.25) is 5.02 Å². The minimum Gasteiger partial charge on any atom is -0.360 e. The van der Waals surface area contributed by atoms with E-state index in [0.717, 1.165) is 25.1 Å². The minimum atomic E-state index is -4.79. The summed E-state index contributed by atoms with van der Waals surface area (Å²) in [5.74, 6) is -0.452. The van der Waals surface area contributed by atoms with Crippen molar-refractivity contribution in [2.45, 2.75) is 34.7 Å². The SMILES string of the molecule is O=C(c1ccc(C(F)(F)F)cc1S(=O)(=O)c1ccc(Cl)cc1)c1cnoc1C1CC1. The topological polar surface area (TPSA) is 77.2 Å². The zero-order valence-corrected chi connectivity index (χ0v) is 16.7. The number of carbonyl (C=O) groups excluding carboxylic acids is 1. The van der Waals surface area contributed by atoms with Gasteiger partial charge >= 0.3 is 6.18 Å². The van der Waals surface area contributed by atoms with Crippen molar-refractivity contribution in [2.24, 2.45) is 0 Å². The van der Waals surface area contributed by atoms with Crippen LogP contribution in [-0.4, -0.2) is 19.4 Å². The molecule has 1 aromatic heterocycles. The molecule has 1 heterocycles. The molecule has 0 bridgehead atoms. The molecule has 1 fully saturated rings. The fourth-order valence-electron chi connectivity index (χ4n) is 3.05. The molecule has 4 rings (SSSR count). The number of rotatable bonds is 5. The Balaban J connectivity index is 1.90. The Bertz CT molecular complexity index is 1230. The summed E-state index contributed by atoms with van der Waals surface area (Å²) in [6, 6.07) is 6.96. The van der Waals surface area contributed by atoms with Crippen LogP contribution in [0.4, 0.5) is 13.2 Å². The number of benzene rings is 2. The number of alkyl halides is 3. The van der Waals surface area contributed by atoms with Gasteiger partial charge in [0.15, 0.2) is 11.5 Å². The molecular formula is C20H13ClF3NO4S. The summed E-state index contributed by atoms with van der Waals surface area (Å²) in [6.45, 7) is 0. The Morgan fingerprint density at radius 1 is 1.07 bits per heavy atom. The van der Waals surface area contributed by atoms with Gasteiger partial charge in [0.2, 0.25) is 9.84 Å². The van der Waals surface area contributed by atoms with Crippen molar-refractivity contribution >= 4 is 27.2 Å². The summed E-state index contributed by atoms with van der Waals surface area (Å²) in [6.07, 6.45) is -2.05. The van der Waals surface area contributed by atoms with Gasteiger partial charge in [-0.05, 0) is 55.3 Å². The van der Waals surface area contributed by atoms with Crippen LogP contribution in [0.15, 0.2) is 63.0 Å². The van der Waals surface area contributed by atoms with Crippen LogP contribution in [-0.2, 0) is 16.0 Å². The van der Waals surface area contributed by atoms with E-state index in [1.165, 1.54) is 24.3 Å². The van der Waals surface area contributed by atoms with E-state index in [0.29, 0.717) is 17.9 Å². The molecule has 1 aliphatic carbocycles. The third-order valence-corrected chi connectivity index (χ3v) is 6.82. The standard InChI is InChI=1S/C20H13ClF3NO4S/c21-13-4-6-14(7-5-13)30(27,28)17-9-12(20(22,23)24)3-8-15(17)18(26)16-10-25-29-19(16)11-1-2-11/h3-11H,1-2H2. The van der Waals surface area contributed by atoms with E-state index in [1.54, 1.807) is 0 Å². The van der Waals surface area contributed by atoms with Crippen LogP contribution >= 0.6 is 11.6 Å². The van der Waals surface area contributed by atoms with E-state index in [9.17, 15) is 26.4 Å². The maximum absolute atomic E-state index is 13.3. The first-order chi connectivity index (χ1) is 14.1. The van der Waals surface area contributed by atoms with Gasteiger partial charge in [0.25, 0.3) is 0 Å². The molecule has 2 aromatic carbocycles. The second-order valence-corrected chi connectivity index (χ2v) is 9.23. The lowest BCUT2D eigenvalue weighted by molar-refractivity contribution is -0.137. The Morgan fingerprint density at radius 3 is 2.33 bits per heavy atom. The van der Waals surface area contributed by atoms with Crippen molar-refractivity contribution in [2.75, 3.05) is 0 Å². The van der Waals surface area contributed by atoms with Gasteiger partial charge < -0.3 is 4.52 Å². The number of halogens is 4. The summed E-state index contributed by atoms with van der Waals surface area (Å²) in [7, 11) is -4.45. The van der Waals surface area contributed by atoms with Crippen LogP contribution in [0.5, 0.6) is 0 Å². The molecule has 10 heteroatoms. The van der Waals surface area contributed by atoms with Crippen LogP contribution in [0.3, 0.4) is 0 Å². The highest BCUT2D eigenvalue weighted by Gasteiger charge is 2.37. The predicted octanol–water partition coefficient (Wildman–Crippen LogP) is 5.29. The molecule has 5 nitrogen and oxygen atoms in total. The van der Waals surface area contributed by atoms with Gasteiger partial charge in [0, 0.05) is 16.5 Å². The number of hydrogen-bond acceptors (Lipinski definition) is 5.